The van der Waals surface area contributed by atoms with E-state index in [1.54, 1.807) is 7.11 Å². The van der Waals surface area contributed by atoms with Crippen molar-refractivity contribution in [3.8, 4) is 5.75 Å². The zero-order chi connectivity index (χ0) is 14.0. The van der Waals surface area contributed by atoms with Crippen LogP contribution in [0.5, 0.6) is 5.75 Å². The van der Waals surface area contributed by atoms with Crippen LogP contribution in [0.4, 0.5) is 0 Å². The summed E-state index contributed by atoms with van der Waals surface area (Å²) >= 11 is 0. The van der Waals surface area contributed by atoms with Crippen molar-refractivity contribution in [2.75, 3.05) is 13.7 Å². The van der Waals surface area contributed by atoms with E-state index in [1.807, 2.05) is 0 Å². The Hall–Kier alpha value is -1.02. The van der Waals surface area contributed by atoms with Gasteiger partial charge in [0.25, 0.3) is 0 Å². The Bertz CT molecular complexity index is 459. The number of aryl methyl sites for hydroxylation is 1. The highest BCUT2D eigenvalue weighted by Crippen LogP contribution is 2.43. The van der Waals surface area contributed by atoms with Crippen molar-refractivity contribution in [2.24, 2.45) is 5.41 Å². The monoisotopic (exact) mass is 273 g/mol. The largest absolute Gasteiger partial charge is 0.497 e. The van der Waals surface area contributed by atoms with E-state index in [0.29, 0.717) is 11.5 Å². The Labute approximate surface area is 122 Å². The van der Waals surface area contributed by atoms with Crippen LogP contribution in [0.1, 0.15) is 50.2 Å². The minimum atomic E-state index is 0.620. The highest BCUT2D eigenvalue weighted by atomic mass is 16.5. The molecule has 110 valence electrons. The van der Waals surface area contributed by atoms with Crippen molar-refractivity contribution >= 4 is 0 Å². The number of methoxy groups -OCH3 is 1. The van der Waals surface area contributed by atoms with Gasteiger partial charge in [0, 0.05) is 12.6 Å². The third-order valence-electron chi connectivity index (χ3n) is 5.57. The Balaban J connectivity index is 1.60. The molecule has 2 aliphatic carbocycles. The number of fused-ring (bicyclic) bond motifs is 1. The number of hydrogen-bond donors (Lipinski definition) is 1. The molecule has 1 unspecified atom stereocenters. The van der Waals surface area contributed by atoms with Gasteiger partial charge in [0.1, 0.15) is 5.75 Å². The molecule has 1 aromatic carbocycles. The van der Waals surface area contributed by atoms with Gasteiger partial charge in [0.05, 0.1) is 7.11 Å². The maximum absolute atomic E-state index is 5.35. The molecule has 3 rings (SSSR count). The molecule has 0 spiro atoms. The number of benzene rings is 1. The third kappa shape index (κ3) is 2.71. The van der Waals surface area contributed by atoms with Crippen molar-refractivity contribution < 1.29 is 4.74 Å². The summed E-state index contributed by atoms with van der Waals surface area (Å²) in [6, 6.07) is 7.21. The average molecular weight is 273 g/mol. The summed E-state index contributed by atoms with van der Waals surface area (Å²) in [6.07, 6.45) is 9.25. The van der Waals surface area contributed by atoms with Crippen molar-refractivity contribution in [1.82, 2.24) is 5.32 Å². The van der Waals surface area contributed by atoms with E-state index in [2.05, 4.69) is 30.4 Å². The molecule has 1 N–H and O–H groups in total. The molecule has 0 bridgehead atoms. The molecule has 0 radical (unpaired) electrons. The lowest BCUT2D eigenvalue weighted by molar-refractivity contribution is 0.118. The Morgan fingerprint density at radius 2 is 2.15 bits per heavy atom. The first-order chi connectivity index (χ1) is 9.74. The van der Waals surface area contributed by atoms with E-state index < -0.39 is 0 Å². The molecular weight excluding hydrogens is 246 g/mol. The lowest BCUT2D eigenvalue weighted by Crippen LogP contribution is -2.45. The van der Waals surface area contributed by atoms with Crippen LogP contribution in [0.2, 0.25) is 0 Å². The Kier molecular flexibility index (Phi) is 4.02. The molecule has 1 atom stereocenters. The number of ether oxygens (including phenoxy) is 1. The fourth-order valence-corrected chi connectivity index (χ4v) is 3.73. The predicted octanol–water partition coefficient (Wildman–Crippen LogP) is 3.72. The van der Waals surface area contributed by atoms with Gasteiger partial charge in [-0.05, 0) is 67.2 Å². The van der Waals surface area contributed by atoms with Gasteiger partial charge in [0.15, 0.2) is 0 Å². The standard InChI is InChI=1S/C18H27NO/c1-3-18(9-4-10-18)13-19-16-7-5-14-6-8-17(20-2)12-15(14)11-16/h6,8,12,16,19H,3-5,7,9-11,13H2,1-2H3. The van der Waals surface area contributed by atoms with Crippen LogP contribution in [0, 0.1) is 5.41 Å². The van der Waals surface area contributed by atoms with E-state index in [-0.39, 0.29) is 0 Å². The second-order valence-electron chi connectivity index (χ2n) is 6.66. The summed E-state index contributed by atoms with van der Waals surface area (Å²) in [5, 5.41) is 3.85. The van der Waals surface area contributed by atoms with Gasteiger partial charge >= 0.3 is 0 Å². The minimum absolute atomic E-state index is 0.620. The van der Waals surface area contributed by atoms with E-state index in [9.17, 15) is 0 Å². The normalized spacial score (nSPS) is 23.8. The summed E-state index contributed by atoms with van der Waals surface area (Å²) < 4.78 is 5.35. The SMILES string of the molecule is CCC1(CNC2CCc3ccc(OC)cc3C2)CCC1. The molecule has 2 heteroatoms. The Morgan fingerprint density at radius 1 is 1.30 bits per heavy atom. The molecular formula is C18H27NO. The van der Waals surface area contributed by atoms with Crippen LogP contribution >= 0.6 is 0 Å². The predicted molar refractivity (Wildman–Crippen MR) is 83.4 cm³/mol. The number of nitrogens with one attached hydrogen (secondary N) is 1. The van der Waals surface area contributed by atoms with E-state index >= 15 is 0 Å². The molecule has 1 aromatic rings. The van der Waals surface area contributed by atoms with Crippen molar-refractivity contribution in [1.29, 1.82) is 0 Å². The van der Waals surface area contributed by atoms with Gasteiger partial charge in [-0.2, -0.15) is 0 Å². The minimum Gasteiger partial charge on any atom is -0.497 e. The molecule has 2 aliphatic rings. The zero-order valence-corrected chi connectivity index (χ0v) is 12.9. The first-order valence-corrected chi connectivity index (χ1v) is 8.14. The summed E-state index contributed by atoms with van der Waals surface area (Å²) in [6.45, 7) is 3.56. The lowest BCUT2D eigenvalue weighted by atomic mass is 9.67. The fraction of sp³-hybridized carbons (Fsp3) is 0.667. The van der Waals surface area contributed by atoms with Crippen molar-refractivity contribution in [2.45, 2.75) is 57.9 Å². The second kappa shape index (κ2) is 5.77. The molecule has 1 fully saturated rings. The van der Waals surface area contributed by atoms with Crippen molar-refractivity contribution in [3.05, 3.63) is 29.3 Å². The maximum atomic E-state index is 5.35. The fourth-order valence-electron chi connectivity index (χ4n) is 3.73. The highest BCUT2D eigenvalue weighted by Gasteiger charge is 2.35. The molecule has 20 heavy (non-hydrogen) atoms. The van der Waals surface area contributed by atoms with Crippen LogP contribution in [0.15, 0.2) is 18.2 Å². The molecule has 0 heterocycles. The van der Waals surface area contributed by atoms with Gasteiger partial charge in [-0.3, -0.25) is 0 Å². The number of rotatable bonds is 5. The number of hydrogen-bond acceptors (Lipinski definition) is 2. The molecule has 0 aromatic heterocycles. The molecule has 0 amide bonds. The Morgan fingerprint density at radius 3 is 2.80 bits per heavy atom. The average Bonchev–Trinajstić information content (AvgIpc) is 2.45. The molecule has 1 saturated carbocycles. The topological polar surface area (TPSA) is 21.3 Å². The van der Waals surface area contributed by atoms with Crippen LogP contribution in [-0.4, -0.2) is 19.7 Å². The maximum Gasteiger partial charge on any atom is 0.119 e. The summed E-state index contributed by atoms with van der Waals surface area (Å²) in [7, 11) is 1.75. The van der Waals surface area contributed by atoms with Crippen LogP contribution < -0.4 is 10.1 Å². The van der Waals surface area contributed by atoms with Gasteiger partial charge in [-0.1, -0.05) is 19.4 Å². The first-order valence-electron chi connectivity index (χ1n) is 8.14. The van der Waals surface area contributed by atoms with E-state index in [4.69, 9.17) is 4.74 Å². The van der Waals surface area contributed by atoms with E-state index in [0.717, 1.165) is 12.2 Å². The van der Waals surface area contributed by atoms with Crippen molar-refractivity contribution in [3.63, 3.8) is 0 Å². The summed E-state index contributed by atoms with van der Waals surface area (Å²) in [4.78, 5) is 0. The first kappa shape index (κ1) is 13.9. The van der Waals surface area contributed by atoms with Crippen LogP contribution in [-0.2, 0) is 12.8 Å². The van der Waals surface area contributed by atoms with Gasteiger partial charge in [-0.25, -0.2) is 0 Å². The summed E-state index contributed by atoms with van der Waals surface area (Å²) in [5.41, 5.74) is 3.61. The highest BCUT2D eigenvalue weighted by molar-refractivity contribution is 5.37. The molecule has 0 aliphatic heterocycles. The molecule has 0 saturated heterocycles. The van der Waals surface area contributed by atoms with Crippen LogP contribution in [0.25, 0.3) is 0 Å². The van der Waals surface area contributed by atoms with Gasteiger partial charge in [-0.15, -0.1) is 0 Å². The lowest BCUT2D eigenvalue weighted by Gasteiger charge is -2.43. The molecule has 2 nitrogen and oxygen atoms in total. The van der Waals surface area contributed by atoms with E-state index in [1.165, 1.54) is 56.2 Å². The third-order valence-corrected chi connectivity index (χ3v) is 5.57. The second-order valence-corrected chi connectivity index (χ2v) is 6.66. The van der Waals surface area contributed by atoms with Gasteiger partial charge < -0.3 is 10.1 Å². The smallest absolute Gasteiger partial charge is 0.119 e. The zero-order valence-electron chi connectivity index (χ0n) is 12.9. The summed E-state index contributed by atoms with van der Waals surface area (Å²) in [5.74, 6) is 0.994. The quantitative estimate of drug-likeness (QED) is 0.883. The van der Waals surface area contributed by atoms with Gasteiger partial charge in [0.2, 0.25) is 0 Å². The van der Waals surface area contributed by atoms with Crippen LogP contribution in [0.3, 0.4) is 0 Å².